The Balaban J connectivity index is 2.33. The summed E-state index contributed by atoms with van der Waals surface area (Å²) < 4.78 is 0. The van der Waals surface area contributed by atoms with Crippen LogP contribution in [-0.4, -0.2) is 15.9 Å². The molecular formula is C15H14N2O4. The zero-order valence-corrected chi connectivity index (χ0v) is 11.4. The van der Waals surface area contributed by atoms with Gasteiger partial charge in [0.1, 0.15) is 0 Å². The first-order chi connectivity index (χ1) is 10.0. The molecule has 0 atom stereocenters. The van der Waals surface area contributed by atoms with E-state index in [2.05, 4.69) is 5.32 Å². The third-order valence-electron chi connectivity index (χ3n) is 3.10. The van der Waals surface area contributed by atoms with Gasteiger partial charge in [-0.25, -0.2) is 0 Å². The Morgan fingerprint density at radius 1 is 1.24 bits per heavy atom. The van der Waals surface area contributed by atoms with Crippen molar-refractivity contribution in [3.63, 3.8) is 0 Å². The lowest BCUT2D eigenvalue weighted by atomic mass is 10.1. The zero-order chi connectivity index (χ0) is 15.4. The summed E-state index contributed by atoms with van der Waals surface area (Å²) in [6.45, 7) is 1.95. The fourth-order valence-corrected chi connectivity index (χ4v) is 2.00. The van der Waals surface area contributed by atoms with Gasteiger partial charge in [-0.1, -0.05) is 31.2 Å². The van der Waals surface area contributed by atoms with Crippen LogP contribution in [0.3, 0.4) is 0 Å². The molecule has 0 heterocycles. The molecule has 1 amide bonds. The largest absolute Gasteiger partial charge is 0.502 e. The number of aryl methyl sites for hydroxylation is 1. The first-order valence-electron chi connectivity index (χ1n) is 6.40. The van der Waals surface area contributed by atoms with Crippen LogP contribution in [0.5, 0.6) is 5.75 Å². The summed E-state index contributed by atoms with van der Waals surface area (Å²) in [7, 11) is 0. The summed E-state index contributed by atoms with van der Waals surface area (Å²) in [6.07, 6.45) is 0.734. The molecule has 6 heteroatoms. The van der Waals surface area contributed by atoms with Crippen molar-refractivity contribution >= 4 is 17.3 Å². The van der Waals surface area contributed by atoms with E-state index in [0.717, 1.165) is 18.1 Å². The smallest absolute Gasteiger partial charge is 0.311 e. The Hall–Kier alpha value is -2.89. The molecule has 0 aliphatic heterocycles. The minimum atomic E-state index is -0.730. The van der Waals surface area contributed by atoms with Gasteiger partial charge in [0.2, 0.25) is 5.75 Å². The Bertz CT molecular complexity index is 698. The maximum absolute atomic E-state index is 12.2. The summed E-state index contributed by atoms with van der Waals surface area (Å²) in [4.78, 5) is 22.2. The van der Waals surface area contributed by atoms with Crippen LogP contribution in [0.2, 0.25) is 0 Å². The summed E-state index contributed by atoms with van der Waals surface area (Å²) in [5.74, 6) is -1.22. The topological polar surface area (TPSA) is 92.5 Å². The molecule has 2 aromatic rings. The maximum atomic E-state index is 12.2. The first kappa shape index (κ1) is 14.5. The van der Waals surface area contributed by atoms with E-state index >= 15 is 0 Å². The van der Waals surface area contributed by atoms with Crippen molar-refractivity contribution in [2.45, 2.75) is 13.3 Å². The molecule has 6 nitrogen and oxygen atoms in total. The number of carbonyl (C=O) groups excluding carboxylic acids is 1. The molecule has 2 rings (SSSR count). The standard InChI is InChI=1S/C15H14N2O4/c1-2-10-6-3-4-8-12(10)16-15(19)11-7-5-9-13(14(11)18)17(20)21/h3-9,18H,2H2,1H3,(H,16,19). The molecule has 0 saturated heterocycles. The van der Waals surface area contributed by atoms with E-state index in [1.807, 2.05) is 19.1 Å². The second-order valence-corrected chi connectivity index (χ2v) is 4.40. The second-order valence-electron chi connectivity index (χ2n) is 4.40. The quantitative estimate of drug-likeness (QED) is 0.667. The Morgan fingerprint density at radius 3 is 2.62 bits per heavy atom. The highest BCUT2D eigenvalue weighted by Crippen LogP contribution is 2.30. The first-order valence-corrected chi connectivity index (χ1v) is 6.40. The van der Waals surface area contributed by atoms with Gasteiger partial charge in [-0.05, 0) is 24.1 Å². The number of aromatic hydroxyl groups is 1. The van der Waals surface area contributed by atoms with Gasteiger partial charge in [-0.2, -0.15) is 0 Å². The van der Waals surface area contributed by atoms with Crippen LogP contribution in [-0.2, 0) is 6.42 Å². The molecule has 108 valence electrons. The minimum absolute atomic E-state index is 0.130. The van der Waals surface area contributed by atoms with Crippen LogP contribution in [0, 0.1) is 10.1 Å². The number of nitrogens with one attached hydrogen (secondary N) is 1. The number of nitro groups is 1. The number of amides is 1. The third-order valence-corrected chi connectivity index (χ3v) is 3.10. The lowest BCUT2D eigenvalue weighted by Crippen LogP contribution is -2.13. The minimum Gasteiger partial charge on any atom is -0.502 e. The molecule has 0 aliphatic rings. The molecule has 0 unspecified atom stereocenters. The second kappa shape index (κ2) is 6.04. The molecule has 0 aromatic heterocycles. The van der Waals surface area contributed by atoms with Crippen molar-refractivity contribution in [2.24, 2.45) is 0 Å². The van der Waals surface area contributed by atoms with Gasteiger partial charge in [0, 0.05) is 11.8 Å². The lowest BCUT2D eigenvalue weighted by Gasteiger charge is -2.10. The van der Waals surface area contributed by atoms with E-state index in [0.29, 0.717) is 5.69 Å². The summed E-state index contributed by atoms with van der Waals surface area (Å²) >= 11 is 0. The predicted molar refractivity (Wildman–Crippen MR) is 78.5 cm³/mol. The molecule has 0 saturated carbocycles. The van der Waals surface area contributed by atoms with E-state index in [9.17, 15) is 20.0 Å². The highest BCUT2D eigenvalue weighted by molar-refractivity contribution is 6.07. The molecule has 0 fully saturated rings. The highest BCUT2D eigenvalue weighted by atomic mass is 16.6. The van der Waals surface area contributed by atoms with Crippen LogP contribution in [0.25, 0.3) is 0 Å². The van der Waals surface area contributed by atoms with E-state index in [1.54, 1.807) is 12.1 Å². The monoisotopic (exact) mass is 286 g/mol. The van der Waals surface area contributed by atoms with Crippen molar-refractivity contribution < 1.29 is 14.8 Å². The number of nitro benzene ring substituents is 1. The van der Waals surface area contributed by atoms with Gasteiger partial charge in [0.25, 0.3) is 5.91 Å². The van der Waals surface area contributed by atoms with E-state index in [4.69, 9.17) is 0 Å². The van der Waals surface area contributed by atoms with Crippen LogP contribution in [0.4, 0.5) is 11.4 Å². The highest BCUT2D eigenvalue weighted by Gasteiger charge is 2.21. The number of rotatable bonds is 4. The van der Waals surface area contributed by atoms with Gasteiger partial charge in [0.15, 0.2) is 0 Å². The van der Waals surface area contributed by atoms with Gasteiger partial charge in [-0.15, -0.1) is 0 Å². The number of nitrogens with zero attached hydrogens (tertiary/aromatic N) is 1. The number of hydrogen-bond acceptors (Lipinski definition) is 4. The van der Waals surface area contributed by atoms with Crippen molar-refractivity contribution in [3.8, 4) is 5.75 Å². The van der Waals surface area contributed by atoms with Gasteiger partial charge in [0.05, 0.1) is 10.5 Å². The number of anilines is 1. The molecule has 2 aromatic carbocycles. The number of para-hydroxylation sites is 2. The van der Waals surface area contributed by atoms with Crippen LogP contribution in [0.1, 0.15) is 22.8 Å². The molecule has 0 spiro atoms. The molecule has 0 radical (unpaired) electrons. The molecular weight excluding hydrogens is 272 g/mol. The predicted octanol–water partition coefficient (Wildman–Crippen LogP) is 3.12. The average Bonchev–Trinajstić information content (AvgIpc) is 2.47. The molecule has 0 bridgehead atoms. The number of phenolic OH excluding ortho intramolecular Hbond substituents is 1. The van der Waals surface area contributed by atoms with E-state index in [1.165, 1.54) is 12.1 Å². The number of benzene rings is 2. The number of carbonyl (C=O) groups is 1. The maximum Gasteiger partial charge on any atom is 0.311 e. The van der Waals surface area contributed by atoms with Crippen molar-refractivity contribution in [1.82, 2.24) is 0 Å². The van der Waals surface area contributed by atoms with Crippen molar-refractivity contribution in [2.75, 3.05) is 5.32 Å². The number of phenols is 1. The molecule has 21 heavy (non-hydrogen) atoms. The van der Waals surface area contributed by atoms with Crippen molar-refractivity contribution in [1.29, 1.82) is 0 Å². The van der Waals surface area contributed by atoms with Gasteiger partial charge < -0.3 is 10.4 Å². The molecule has 2 N–H and O–H groups in total. The normalized spacial score (nSPS) is 10.1. The lowest BCUT2D eigenvalue weighted by molar-refractivity contribution is -0.385. The third kappa shape index (κ3) is 3.00. The Morgan fingerprint density at radius 2 is 1.95 bits per heavy atom. The Labute approximate surface area is 121 Å². The average molecular weight is 286 g/mol. The molecule has 0 aliphatic carbocycles. The fraction of sp³-hybridized carbons (Fsp3) is 0.133. The fourth-order valence-electron chi connectivity index (χ4n) is 2.00. The number of hydrogen-bond donors (Lipinski definition) is 2. The SMILES string of the molecule is CCc1ccccc1NC(=O)c1cccc([N+](=O)[O-])c1O. The van der Waals surface area contributed by atoms with E-state index in [-0.39, 0.29) is 5.56 Å². The van der Waals surface area contributed by atoms with E-state index < -0.39 is 22.3 Å². The summed E-state index contributed by atoms with van der Waals surface area (Å²) in [6, 6.07) is 11.1. The summed E-state index contributed by atoms with van der Waals surface area (Å²) in [5, 5.41) is 23.3. The van der Waals surface area contributed by atoms with Crippen LogP contribution in [0.15, 0.2) is 42.5 Å². The van der Waals surface area contributed by atoms with Gasteiger partial charge in [-0.3, -0.25) is 14.9 Å². The van der Waals surface area contributed by atoms with Crippen LogP contribution < -0.4 is 5.32 Å². The Kier molecular flexibility index (Phi) is 4.18. The van der Waals surface area contributed by atoms with Crippen molar-refractivity contribution in [3.05, 3.63) is 63.7 Å². The van der Waals surface area contributed by atoms with Gasteiger partial charge >= 0.3 is 5.69 Å². The van der Waals surface area contributed by atoms with Crippen LogP contribution >= 0.6 is 0 Å². The zero-order valence-electron chi connectivity index (χ0n) is 11.4. The summed E-state index contributed by atoms with van der Waals surface area (Å²) in [5.41, 5.74) is 0.938.